The van der Waals surface area contributed by atoms with Gasteiger partial charge in [-0.05, 0) is 31.0 Å². The fraction of sp³-hybridized carbons (Fsp3) is 0.304. The molecular formula is C23H24N2O4. The molecular weight excluding hydrogens is 368 g/mol. The monoisotopic (exact) mass is 392 g/mol. The van der Waals surface area contributed by atoms with Crippen molar-refractivity contribution in [2.24, 2.45) is 0 Å². The predicted octanol–water partition coefficient (Wildman–Crippen LogP) is 3.89. The maximum atomic E-state index is 12.0. The van der Waals surface area contributed by atoms with Crippen molar-refractivity contribution in [3.05, 3.63) is 65.9 Å². The first-order valence-corrected chi connectivity index (χ1v) is 9.69. The van der Waals surface area contributed by atoms with E-state index in [-0.39, 0.29) is 6.04 Å². The van der Waals surface area contributed by atoms with Crippen LogP contribution in [0.2, 0.25) is 0 Å². The second-order valence-electron chi connectivity index (χ2n) is 7.15. The minimum absolute atomic E-state index is 0.353. The summed E-state index contributed by atoms with van der Waals surface area (Å²) in [6, 6.07) is 16.7. The number of fused-ring (bicyclic) bond motifs is 1. The van der Waals surface area contributed by atoms with Gasteiger partial charge in [0.2, 0.25) is 0 Å². The lowest BCUT2D eigenvalue weighted by Crippen LogP contribution is -2.39. The van der Waals surface area contributed by atoms with Crippen LogP contribution >= 0.6 is 0 Å². The molecule has 6 heteroatoms. The van der Waals surface area contributed by atoms with Crippen LogP contribution in [0.4, 0.5) is 0 Å². The summed E-state index contributed by atoms with van der Waals surface area (Å²) in [7, 11) is 3.20. The van der Waals surface area contributed by atoms with Crippen molar-refractivity contribution in [3.8, 4) is 11.5 Å². The summed E-state index contributed by atoms with van der Waals surface area (Å²) < 4.78 is 11.2. The van der Waals surface area contributed by atoms with Gasteiger partial charge in [-0.15, -0.1) is 0 Å². The molecule has 0 saturated carbocycles. The molecule has 0 spiro atoms. The predicted molar refractivity (Wildman–Crippen MR) is 110 cm³/mol. The molecule has 2 aromatic carbocycles. The average Bonchev–Trinajstić information content (AvgIpc) is 3.23. The van der Waals surface area contributed by atoms with Crippen LogP contribution in [0.3, 0.4) is 0 Å². The summed E-state index contributed by atoms with van der Waals surface area (Å²) in [5.74, 6) is 0.406. The third-order valence-electron chi connectivity index (χ3n) is 5.54. The number of hydrogen-bond acceptors (Lipinski definition) is 5. The number of carboxylic acids is 1. The normalized spacial score (nSPS) is 17.9. The molecule has 1 aliphatic heterocycles. The van der Waals surface area contributed by atoms with Gasteiger partial charge in [0.1, 0.15) is 6.04 Å². The molecule has 1 saturated heterocycles. The van der Waals surface area contributed by atoms with Gasteiger partial charge >= 0.3 is 5.97 Å². The molecule has 2 atom stereocenters. The van der Waals surface area contributed by atoms with E-state index in [0.717, 1.165) is 28.6 Å². The van der Waals surface area contributed by atoms with Crippen LogP contribution in [0, 0.1) is 0 Å². The van der Waals surface area contributed by atoms with Gasteiger partial charge in [-0.1, -0.05) is 36.4 Å². The Morgan fingerprint density at radius 1 is 1.10 bits per heavy atom. The van der Waals surface area contributed by atoms with Gasteiger partial charge in [-0.2, -0.15) is 0 Å². The third-order valence-corrected chi connectivity index (χ3v) is 5.54. The number of pyridine rings is 1. The number of carbonyl (C=O) groups is 1. The lowest BCUT2D eigenvalue weighted by Gasteiger charge is -2.32. The number of ether oxygens (including phenoxy) is 2. The van der Waals surface area contributed by atoms with E-state index in [1.54, 1.807) is 14.2 Å². The van der Waals surface area contributed by atoms with Gasteiger partial charge in [0.15, 0.2) is 11.5 Å². The molecule has 29 heavy (non-hydrogen) atoms. The van der Waals surface area contributed by atoms with Gasteiger partial charge in [0, 0.05) is 17.5 Å². The molecule has 0 radical (unpaired) electrons. The summed E-state index contributed by atoms with van der Waals surface area (Å²) >= 11 is 0. The van der Waals surface area contributed by atoms with E-state index < -0.39 is 12.0 Å². The van der Waals surface area contributed by atoms with E-state index in [1.165, 1.54) is 0 Å². The minimum Gasteiger partial charge on any atom is -0.493 e. The first kappa shape index (κ1) is 19.2. The van der Waals surface area contributed by atoms with E-state index in [1.807, 2.05) is 59.5 Å². The van der Waals surface area contributed by atoms with E-state index in [4.69, 9.17) is 14.5 Å². The fourth-order valence-corrected chi connectivity index (χ4v) is 4.23. The summed E-state index contributed by atoms with van der Waals surface area (Å²) in [6.07, 6.45) is 1.44. The summed E-state index contributed by atoms with van der Waals surface area (Å²) in [4.78, 5) is 18.9. The van der Waals surface area contributed by atoms with Gasteiger partial charge in [0.25, 0.3) is 0 Å². The van der Waals surface area contributed by atoms with Crippen molar-refractivity contribution < 1.29 is 19.4 Å². The zero-order chi connectivity index (χ0) is 20.4. The number of rotatable bonds is 6. The Balaban J connectivity index is 1.91. The zero-order valence-corrected chi connectivity index (χ0v) is 16.5. The van der Waals surface area contributed by atoms with Crippen molar-refractivity contribution in [1.29, 1.82) is 0 Å². The fourth-order valence-electron chi connectivity index (χ4n) is 4.23. The quantitative estimate of drug-likeness (QED) is 0.686. The van der Waals surface area contributed by atoms with Crippen molar-refractivity contribution in [2.45, 2.75) is 24.9 Å². The van der Waals surface area contributed by atoms with Gasteiger partial charge in [0.05, 0.1) is 31.5 Å². The van der Waals surface area contributed by atoms with Gasteiger partial charge in [-0.25, -0.2) is 0 Å². The van der Waals surface area contributed by atoms with Crippen molar-refractivity contribution in [1.82, 2.24) is 9.88 Å². The highest BCUT2D eigenvalue weighted by Gasteiger charge is 2.39. The molecule has 0 bridgehead atoms. The highest BCUT2D eigenvalue weighted by Crippen LogP contribution is 2.42. The lowest BCUT2D eigenvalue weighted by molar-refractivity contribution is -0.142. The lowest BCUT2D eigenvalue weighted by atomic mass is 9.98. The van der Waals surface area contributed by atoms with Crippen LogP contribution in [0.1, 0.15) is 30.1 Å². The number of hydrogen-bond donors (Lipinski definition) is 1. The van der Waals surface area contributed by atoms with E-state index in [0.29, 0.717) is 24.5 Å². The van der Waals surface area contributed by atoms with Crippen molar-refractivity contribution in [2.75, 3.05) is 20.8 Å². The molecule has 2 heterocycles. The molecule has 1 aliphatic rings. The first-order valence-electron chi connectivity index (χ1n) is 9.69. The van der Waals surface area contributed by atoms with Crippen LogP contribution in [-0.2, 0) is 4.79 Å². The maximum Gasteiger partial charge on any atom is 0.320 e. The molecule has 1 N–H and O–H groups in total. The summed E-state index contributed by atoms with van der Waals surface area (Å²) in [6.45, 7) is 0.677. The highest BCUT2D eigenvalue weighted by molar-refractivity contribution is 5.78. The number of benzene rings is 2. The minimum atomic E-state index is -0.810. The van der Waals surface area contributed by atoms with E-state index in [2.05, 4.69) is 0 Å². The van der Waals surface area contributed by atoms with Crippen LogP contribution < -0.4 is 9.47 Å². The number of para-hydroxylation sites is 2. The first-order chi connectivity index (χ1) is 14.1. The van der Waals surface area contributed by atoms with E-state index in [9.17, 15) is 9.90 Å². The Bertz CT molecular complexity index is 1040. The third kappa shape index (κ3) is 3.51. The highest BCUT2D eigenvalue weighted by atomic mass is 16.5. The Morgan fingerprint density at radius 3 is 2.69 bits per heavy atom. The Morgan fingerprint density at radius 2 is 1.93 bits per heavy atom. The van der Waals surface area contributed by atoms with Crippen molar-refractivity contribution in [3.63, 3.8) is 0 Å². The molecule has 0 aliphatic carbocycles. The summed E-state index contributed by atoms with van der Waals surface area (Å²) in [5, 5.41) is 10.9. The molecule has 0 amide bonds. The van der Waals surface area contributed by atoms with Gasteiger partial charge < -0.3 is 14.6 Å². The molecule has 3 aromatic rings. The molecule has 6 nitrogen and oxygen atoms in total. The standard InChI is InChI=1S/C23H24N2O4/c1-28-20-11-5-8-16(22(20)29-2)21(25-14-6-10-19(25)23(26)27)18-13-12-15-7-3-4-9-17(15)24-18/h3-5,7-9,11-13,19,21H,6,10,14H2,1-2H3,(H,26,27). The topological polar surface area (TPSA) is 71.9 Å². The Kier molecular flexibility index (Phi) is 5.36. The largest absolute Gasteiger partial charge is 0.493 e. The van der Waals surface area contributed by atoms with Crippen LogP contribution in [0.5, 0.6) is 11.5 Å². The number of likely N-dealkylation sites (tertiary alicyclic amines) is 1. The molecule has 1 aromatic heterocycles. The Labute approximate surface area is 169 Å². The second-order valence-corrected chi connectivity index (χ2v) is 7.15. The Hall–Kier alpha value is -3.12. The molecule has 2 unspecified atom stereocenters. The van der Waals surface area contributed by atoms with Gasteiger partial charge in [-0.3, -0.25) is 14.7 Å². The number of carboxylic acid groups (broad SMARTS) is 1. The van der Waals surface area contributed by atoms with Crippen molar-refractivity contribution >= 4 is 16.9 Å². The second kappa shape index (κ2) is 8.09. The van der Waals surface area contributed by atoms with E-state index >= 15 is 0 Å². The average molecular weight is 392 g/mol. The SMILES string of the molecule is COc1cccc(C(c2ccc3ccccc3n2)N2CCCC2C(=O)O)c1OC. The smallest absolute Gasteiger partial charge is 0.320 e. The maximum absolute atomic E-state index is 12.0. The molecule has 150 valence electrons. The number of aromatic nitrogens is 1. The number of nitrogens with zero attached hydrogens (tertiary/aromatic N) is 2. The molecule has 1 fully saturated rings. The number of methoxy groups -OCH3 is 2. The summed E-state index contributed by atoms with van der Waals surface area (Å²) in [5.41, 5.74) is 2.52. The van der Waals surface area contributed by atoms with Crippen LogP contribution in [0.25, 0.3) is 10.9 Å². The molecule has 4 rings (SSSR count). The zero-order valence-electron chi connectivity index (χ0n) is 16.5. The van der Waals surface area contributed by atoms with Crippen LogP contribution in [-0.4, -0.2) is 47.8 Å². The number of aliphatic carboxylic acids is 1. The van der Waals surface area contributed by atoms with Crippen LogP contribution in [0.15, 0.2) is 54.6 Å².